The molecule has 10 heteroatoms. The maximum absolute atomic E-state index is 13.8. The van der Waals surface area contributed by atoms with Crippen molar-refractivity contribution < 1.29 is 22.8 Å². The van der Waals surface area contributed by atoms with Crippen molar-refractivity contribution in [1.29, 1.82) is 0 Å². The topological polar surface area (TPSA) is 67.2 Å². The summed E-state index contributed by atoms with van der Waals surface area (Å²) in [5.74, 6) is -1.02. The first-order chi connectivity index (χ1) is 15.1. The molecule has 0 saturated heterocycles. The van der Waals surface area contributed by atoms with Gasteiger partial charge >= 0.3 is 6.18 Å². The summed E-state index contributed by atoms with van der Waals surface area (Å²) < 4.78 is 42.2. The van der Waals surface area contributed by atoms with Crippen molar-refractivity contribution in [3.05, 3.63) is 70.5 Å². The minimum atomic E-state index is -4.82. The summed E-state index contributed by atoms with van der Waals surface area (Å²) >= 11 is 5.81. The molecule has 4 rings (SSSR count). The number of alkyl halides is 3. The van der Waals surface area contributed by atoms with Crippen molar-refractivity contribution in [2.75, 3.05) is 16.8 Å². The third-order valence-electron chi connectivity index (χ3n) is 5.19. The molecule has 0 radical (unpaired) electrons. The molecular formula is C22H18ClF3N4O2. The number of rotatable bonds is 3. The number of aryl methyl sites for hydroxylation is 1. The molecule has 0 fully saturated rings. The van der Waals surface area contributed by atoms with E-state index in [2.05, 4.69) is 10.4 Å². The van der Waals surface area contributed by atoms with Crippen LogP contribution < -0.4 is 10.2 Å². The van der Waals surface area contributed by atoms with Gasteiger partial charge in [-0.1, -0.05) is 11.6 Å². The van der Waals surface area contributed by atoms with Crippen LogP contribution in [0.25, 0.3) is 5.69 Å². The lowest BCUT2D eigenvalue weighted by atomic mass is 10.0. The van der Waals surface area contributed by atoms with Crippen molar-refractivity contribution in [3.8, 4) is 5.69 Å². The van der Waals surface area contributed by atoms with Crippen LogP contribution in [0.5, 0.6) is 0 Å². The van der Waals surface area contributed by atoms with Crippen LogP contribution in [0.15, 0.2) is 48.7 Å². The van der Waals surface area contributed by atoms with Gasteiger partial charge in [0, 0.05) is 29.9 Å². The number of nitrogens with one attached hydrogen (secondary N) is 1. The summed E-state index contributed by atoms with van der Waals surface area (Å²) in [6.07, 6.45) is -2.47. The van der Waals surface area contributed by atoms with Crippen LogP contribution in [-0.4, -0.2) is 28.1 Å². The number of amides is 2. The summed E-state index contributed by atoms with van der Waals surface area (Å²) in [4.78, 5) is 26.2. The second kappa shape index (κ2) is 8.31. The monoisotopic (exact) mass is 462 g/mol. The molecule has 2 aromatic carbocycles. The number of carbonyl (C=O) groups excluding carboxylic acids is 2. The largest absolute Gasteiger partial charge is 0.434 e. The van der Waals surface area contributed by atoms with Crippen molar-refractivity contribution in [2.45, 2.75) is 25.9 Å². The van der Waals surface area contributed by atoms with E-state index in [1.165, 1.54) is 31.2 Å². The van der Waals surface area contributed by atoms with Gasteiger partial charge in [-0.3, -0.25) is 9.59 Å². The highest BCUT2D eigenvalue weighted by Crippen LogP contribution is 2.35. The van der Waals surface area contributed by atoms with Crippen LogP contribution in [0.4, 0.5) is 24.5 Å². The molecule has 1 aliphatic heterocycles. The fraction of sp³-hybridized carbons (Fsp3) is 0.227. The Balaban J connectivity index is 1.66. The van der Waals surface area contributed by atoms with Gasteiger partial charge in [-0.15, -0.1) is 0 Å². The van der Waals surface area contributed by atoms with Crippen LogP contribution in [0, 0.1) is 0 Å². The highest BCUT2D eigenvalue weighted by Gasteiger charge is 2.40. The van der Waals surface area contributed by atoms with Crippen LogP contribution in [0.3, 0.4) is 0 Å². The van der Waals surface area contributed by atoms with Gasteiger partial charge in [0.05, 0.1) is 17.4 Å². The maximum Gasteiger partial charge on any atom is 0.434 e. The molecular weight excluding hydrogens is 445 g/mol. The minimum Gasteiger partial charge on any atom is -0.322 e. The molecule has 2 amide bonds. The zero-order valence-corrected chi connectivity index (χ0v) is 17.7. The highest BCUT2D eigenvalue weighted by atomic mass is 35.5. The number of aromatic nitrogens is 2. The highest BCUT2D eigenvalue weighted by molar-refractivity contribution is 6.30. The molecule has 3 aromatic rings. The van der Waals surface area contributed by atoms with E-state index in [-0.39, 0.29) is 11.6 Å². The van der Waals surface area contributed by atoms with E-state index in [1.807, 2.05) is 0 Å². The Morgan fingerprint density at radius 1 is 1.12 bits per heavy atom. The lowest BCUT2D eigenvalue weighted by Gasteiger charge is -2.29. The molecule has 2 heterocycles. The standard InChI is InChI=1S/C22H18ClF3N4O2/c1-13(31)29-10-2-3-14-11-16(6-9-19(14)29)28-21(32)18-12-27-30(20(18)22(24,25)26)17-7-4-15(23)5-8-17/h4-9,11-12H,2-3,10H2,1H3,(H,28,32). The number of halogens is 4. The molecule has 0 aliphatic carbocycles. The Kier molecular flexibility index (Phi) is 5.68. The smallest absolute Gasteiger partial charge is 0.322 e. The van der Waals surface area contributed by atoms with Gasteiger partial charge in [0.2, 0.25) is 5.91 Å². The number of hydrogen-bond acceptors (Lipinski definition) is 3. The first-order valence-corrected chi connectivity index (χ1v) is 10.2. The number of anilines is 2. The predicted octanol–water partition coefficient (Wildman–Crippen LogP) is 5.10. The van der Waals surface area contributed by atoms with Gasteiger partial charge in [0.1, 0.15) is 0 Å². The number of fused-ring (bicyclic) bond motifs is 1. The van der Waals surface area contributed by atoms with Gasteiger partial charge in [0.25, 0.3) is 5.91 Å². The van der Waals surface area contributed by atoms with E-state index in [0.29, 0.717) is 28.4 Å². The zero-order valence-electron chi connectivity index (χ0n) is 16.9. The lowest BCUT2D eigenvalue weighted by molar-refractivity contribution is -0.143. The van der Waals surface area contributed by atoms with Crippen molar-refractivity contribution in [3.63, 3.8) is 0 Å². The first kappa shape index (κ1) is 21.9. The molecule has 0 unspecified atom stereocenters. The summed E-state index contributed by atoms with van der Waals surface area (Å²) in [6, 6.07) is 10.6. The summed E-state index contributed by atoms with van der Waals surface area (Å²) in [6.45, 7) is 2.08. The minimum absolute atomic E-state index is 0.0906. The van der Waals surface area contributed by atoms with Crippen molar-refractivity contribution in [2.24, 2.45) is 0 Å². The molecule has 0 atom stereocenters. The van der Waals surface area contributed by atoms with Gasteiger partial charge in [0.15, 0.2) is 5.69 Å². The van der Waals surface area contributed by atoms with Crippen LogP contribution >= 0.6 is 11.6 Å². The number of benzene rings is 2. The third kappa shape index (κ3) is 4.20. The average Bonchev–Trinajstić information content (AvgIpc) is 3.19. The SMILES string of the molecule is CC(=O)N1CCCc2cc(NC(=O)c3cnn(-c4ccc(Cl)cc4)c3C(F)(F)F)ccc21. The quantitative estimate of drug-likeness (QED) is 0.589. The molecule has 1 N–H and O–H groups in total. The van der Waals surface area contributed by atoms with Gasteiger partial charge in [-0.25, -0.2) is 4.68 Å². The Bertz CT molecular complexity index is 1190. The lowest BCUT2D eigenvalue weighted by Crippen LogP contribution is -2.33. The van der Waals surface area contributed by atoms with Crippen LogP contribution in [0.1, 0.15) is 35.0 Å². The molecule has 0 bridgehead atoms. The van der Waals surface area contributed by atoms with Crippen molar-refractivity contribution >= 4 is 34.8 Å². The number of nitrogens with zero attached hydrogens (tertiary/aromatic N) is 3. The first-order valence-electron chi connectivity index (χ1n) is 9.78. The second-order valence-corrected chi connectivity index (χ2v) is 7.80. The van der Waals surface area contributed by atoms with Gasteiger partial charge in [-0.2, -0.15) is 18.3 Å². The second-order valence-electron chi connectivity index (χ2n) is 7.36. The van der Waals surface area contributed by atoms with E-state index in [0.717, 1.165) is 23.9 Å². The molecule has 0 spiro atoms. The summed E-state index contributed by atoms with van der Waals surface area (Å²) in [7, 11) is 0. The van der Waals surface area contributed by atoms with E-state index in [9.17, 15) is 22.8 Å². The maximum atomic E-state index is 13.8. The van der Waals surface area contributed by atoms with Crippen LogP contribution in [0.2, 0.25) is 5.02 Å². The molecule has 6 nitrogen and oxygen atoms in total. The number of carbonyl (C=O) groups is 2. The fourth-order valence-electron chi connectivity index (χ4n) is 3.77. The Hall–Kier alpha value is -3.33. The molecule has 1 aliphatic rings. The number of hydrogen-bond donors (Lipinski definition) is 1. The predicted molar refractivity (Wildman–Crippen MR) is 114 cm³/mol. The molecule has 166 valence electrons. The van der Waals surface area contributed by atoms with Crippen molar-refractivity contribution in [1.82, 2.24) is 9.78 Å². The zero-order chi connectivity index (χ0) is 23.0. The van der Waals surface area contributed by atoms with Gasteiger partial charge < -0.3 is 10.2 Å². The Labute approximate surface area is 186 Å². The van der Waals surface area contributed by atoms with E-state index in [4.69, 9.17) is 11.6 Å². The van der Waals surface area contributed by atoms with Crippen LogP contribution in [-0.2, 0) is 17.4 Å². The van der Waals surface area contributed by atoms with E-state index >= 15 is 0 Å². The summed E-state index contributed by atoms with van der Waals surface area (Å²) in [5.41, 5.74) is 0.268. The molecule has 32 heavy (non-hydrogen) atoms. The average molecular weight is 463 g/mol. The molecule has 1 aromatic heterocycles. The van der Waals surface area contributed by atoms with Gasteiger partial charge in [-0.05, 0) is 60.9 Å². The van der Waals surface area contributed by atoms with E-state index in [1.54, 1.807) is 23.1 Å². The Morgan fingerprint density at radius 3 is 2.50 bits per heavy atom. The fourth-order valence-corrected chi connectivity index (χ4v) is 3.89. The normalized spacial score (nSPS) is 13.6. The Morgan fingerprint density at radius 2 is 1.84 bits per heavy atom. The summed E-state index contributed by atoms with van der Waals surface area (Å²) in [5, 5.41) is 6.68. The third-order valence-corrected chi connectivity index (χ3v) is 5.44. The van der Waals surface area contributed by atoms with E-state index < -0.39 is 23.3 Å². The molecule has 0 saturated carbocycles.